The smallest absolute Gasteiger partial charge is 0.137 e. The van der Waals surface area contributed by atoms with Crippen molar-refractivity contribution in [2.75, 3.05) is 0 Å². The third-order valence-electron chi connectivity index (χ3n) is 1.97. The van der Waals surface area contributed by atoms with Crippen molar-refractivity contribution in [2.24, 2.45) is 0 Å². The maximum absolute atomic E-state index is 4.28. The van der Waals surface area contributed by atoms with Crippen LogP contribution in [-0.4, -0.2) is 9.38 Å². The van der Waals surface area contributed by atoms with Crippen LogP contribution in [0.15, 0.2) is 36.7 Å². The second-order valence-corrected chi connectivity index (χ2v) is 2.92. The zero-order valence-electron chi connectivity index (χ0n) is 7.64. The highest BCUT2D eigenvalue weighted by atomic mass is 15.0. The van der Waals surface area contributed by atoms with Crippen LogP contribution in [-0.2, 0) is 0 Å². The monoisotopic (exact) mass is 172 g/mol. The van der Waals surface area contributed by atoms with E-state index in [1.165, 1.54) is 0 Å². The minimum atomic E-state index is 0.998. The van der Waals surface area contributed by atoms with E-state index in [2.05, 4.69) is 28.5 Å². The van der Waals surface area contributed by atoms with Gasteiger partial charge in [-0.15, -0.1) is 0 Å². The van der Waals surface area contributed by atoms with E-state index in [9.17, 15) is 0 Å². The Kier molecular flexibility index (Phi) is 2.13. The van der Waals surface area contributed by atoms with Crippen molar-refractivity contribution in [3.05, 3.63) is 42.4 Å². The molecule has 0 aliphatic rings. The molecule has 0 atom stereocenters. The van der Waals surface area contributed by atoms with Crippen molar-refractivity contribution in [3.8, 4) is 0 Å². The average Bonchev–Trinajstić information content (AvgIpc) is 2.58. The van der Waals surface area contributed by atoms with Crippen LogP contribution >= 0.6 is 0 Å². The first kappa shape index (κ1) is 8.05. The van der Waals surface area contributed by atoms with Gasteiger partial charge in [-0.25, -0.2) is 4.98 Å². The van der Waals surface area contributed by atoms with Crippen molar-refractivity contribution < 1.29 is 0 Å². The van der Waals surface area contributed by atoms with Crippen LogP contribution in [0.3, 0.4) is 0 Å². The van der Waals surface area contributed by atoms with E-state index in [1.807, 2.05) is 30.6 Å². The highest BCUT2D eigenvalue weighted by Gasteiger charge is 1.96. The Morgan fingerprint density at radius 3 is 3.23 bits per heavy atom. The minimum absolute atomic E-state index is 0.998. The molecular weight excluding hydrogens is 160 g/mol. The van der Waals surface area contributed by atoms with Gasteiger partial charge in [-0.1, -0.05) is 19.1 Å². The molecule has 0 fully saturated rings. The number of allylic oxidation sites excluding steroid dienone is 1. The predicted molar refractivity (Wildman–Crippen MR) is 54.5 cm³/mol. The number of rotatable bonds is 2. The third kappa shape index (κ3) is 1.47. The lowest BCUT2D eigenvalue weighted by molar-refractivity contribution is 1.16. The molecule has 13 heavy (non-hydrogen) atoms. The minimum Gasteiger partial charge on any atom is -0.300 e. The number of hydrogen-bond donors (Lipinski definition) is 0. The zero-order valence-corrected chi connectivity index (χ0v) is 7.64. The number of imidazole rings is 1. The number of pyridine rings is 1. The van der Waals surface area contributed by atoms with Crippen molar-refractivity contribution in [3.63, 3.8) is 0 Å². The third-order valence-corrected chi connectivity index (χ3v) is 1.97. The van der Waals surface area contributed by atoms with E-state index in [0.717, 1.165) is 17.8 Å². The van der Waals surface area contributed by atoms with Crippen molar-refractivity contribution in [1.29, 1.82) is 0 Å². The van der Waals surface area contributed by atoms with Gasteiger partial charge in [-0.05, 0) is 24.6 Å². The normalized spacial score (nSPS) is 11.5. The summed E-state index contributed by atoms with van der Waals surface area (Å²) in [5.41, 5.74) is 2.13. The van der Waals surface area contributed by atoms with Gasteiger partial charge in [0.1, 0.15) is 5.65 Å². The molecule has 0 aromatic carbocycles. The molecule has 2 aromatic heterocycles. The average molecular weight is 172 g/mol. The lowest BCUT2D eigenvalue weighted by Gasteiger charge is -1.93. The van der Waals surface area contributed by atoms with Gasteiger partial charge in [0.2, 0.25) is 0 Å². The molecule has 0 saturated carbocycles. The summed E-state index contributed by atoms with van der Waals surface area (Å²) < 4.78 is 2.08. The summed E-state index contributed by atoms with van der Waals surface area (Å²) in [5.74, 6) is 0. The Morgan fingerprint density at radius 1 is 1.46 bits per heavy atom. The van der Waals surface area contributed by atoms with Crippen LogP contribution in [0.2, 0.25) is 0 Å². The molecule has 2 aromatic rings. The SMILES string of the molecule is CC/C=C/c1cnc2ccccn12. The Balaban J connectivity index is 2.52. The number of aromatic nitrogens is 2. The van der Waals surface area contributed by atoms with Crippen LogP contribution in [0.5, 0.6) is 0 Å². The van der Waals surface area contributed by atoms with Gasteiger partial charge in [-0.2, -0.15) is 0 Å². The molecule has 0 aliphatic carbocycles. The molecule has 66 valence electrons. The van der Waals surface area contributed by atoms with Crippen molar-refractivity contribution in [2.45, 2.75) is 13.3 Å². The van der Waals surface area contributed by atoms with Crippen molar-refractivity contribution >= 4 is 11.7 Å². The Bertz CT molecular complexity index is 426. The Morgan fingerprint density at radius 2 is 2.38 bits per heavy atom. The summed E-state index contributed by atoms with van der Waals surface area (Å²) in [6.07, 6.45) is 9.20. The van der Waals surface area contributed by atoms with Gasteiger partial charge in [0, 0.05) is 6.20 Å². The summed E-state index contributed by atoms with van der Waals surface area (Å²) in [4.78, 5) is 4.28. The van der Waals surface area contributed by atoms with Crippen molar-refractivity contribution in [1.82, 2.24) is 9.38 Å². The highest BCUT2D eigenvalue weighted by Crippen LogP contribution is 2.07. The molecule has 0 unspecified atom stereocenters. The maximum atomic E-state index is 4.28. The molecule has 2 heteroatoms. The van der Waals surface area contributed by atoms with E-state index in [0.29, 0.717) is 0 Å². The number of fused-ring (bicyclic) bond motifs is 1. The van der Waals surface area contributed by atoms with Gasteiger partial charge < -0.3 is 4.40 Å². The number of hydrogen-bond acceptors (Lipinski definition) is 1. The fourth-order valence-corrected chi connectivity index (χ4v) is 1.31. The Hall–Kier alpha value is -1.57. The fourth-order valence-electron chi connectivity index (χ4n) is 1.31. The molecule has 0 radical (unpaired) electrons. The quantitative estimate of drug-likeness (QED) is 0.680. The zero-order chi connectivity index (χ0) is 9.10. The second kappa shape index (κ2) is 3.44. The van der Waals surface area contributed by atoms with E-state index in [4.69, 9.17) is 0 Å². The lowest BCUT2D eigenvalue weighted by Crippen LogP contribution is -1.84. The second-order valence-electron chi connectivity index (χ2n) is 2.92. The molecule has 0 aliphatic heterocycles. The molecule has 0 amide bonds. The molecule has 0 N–H and O–H groups in total. The van der Waals surface area contributed by atoms with E-state index < -0.39 is 0 Å². The molecule has 0 spiro atoms. The molecule has 2 rings (SSSR count). The fraction of sp³-hybridized carbons (Fsp3) is 0.182. The summed E-state index contributed by atoms with van der Waals surface area (Å²) >= 11 is 0. The standard InChI is InChI=1S/C11H12N2/c1-2-3-6-10-9-12-11-7-4-5-8-13(10)11/h3-9H,2H2,1H3/b6-3+. The summed E-state index contributed by atoms with van der Waals surface area (Å²) in [6, 6.07) is 6.01. The van der Waals surface area contributed by atoms with Crippen LogP contribution in [0.25, 0.3) is 11.7 Å². The first-order valence-corrected chi connectivity index (χ1v) is 4.50. The summed E-state index contributed by atoms with van der Waals surface area (Å²) in [5, 5.41) is 0. The Labute approximate surface area is 77.5 Å². The van der Waals surface area contributed by atoms with Crippen LogP contribution < -0.4 is 0 Å². The predicted octanol–water partition coefficient (Wildman–Crippen LogP) is 2.76. The van der Waals surface area contributed by atoms with Gasteiger partial charge in [0.15, 0.2) is 0 Å². The first-order chi connectivity index (χ1) is 6.42. The van der Waals surface area contributed by atoms with Crippen LogP contribution in [0.4, 0.5) is 0 Å². The topological polar surface area (TPSA) is 17.3 Å². The molecular formula is C11H12N2. The molecule has 0 bridgehead atoms. The summed E-state index contributed by atoms with van der Waals surface area (Å²) in [7, 11) is 0. The first-order valence-electron chi connectivity index (χ1n) is 4.50. The van der Waals surface area contributed by atoms with Gasteiger partial charge in [0.25, 0.3) is 0 Å². The maximum Gasteiger partial charge on any atom is 0.137 e. The van der Waals surface area contributed by atoms with E-state index >= 15 is 0 Å². The summed E-state index contributed by atoms with van der Waals surface area (Å²) in [6.45, 7) is 2.12. The van der Waals surface area contributed by atoms with E-state index in [1.54, 1.807) is 0 Å². The molecule has 0 saturated heterocycles. The van der Waals surface area contributed by atoms with E-state index in [-0.39, 0.29) is 0 Å². The van der Waals surface area contributed by atoms with Crippen LogP contribution in [0, 0.1) is 0 Å². The van der Waals surface area contributed by atoms with Crippen LogP contribution in [0.1, 0.15) is 19.0 Å². The van der Waals surface area contributed by atoms with Gasteiger partial charge in [-0.3, -0.25) is 0 Å². The lowest BCUT2D eigenvalue weighted by atomic mass is 10.3. The van der Waals surface area contributed by atoms with Gasteiger partial charge >= 0.3 is 0 Å². The van der Waals surface area contributed by atoms with Gasteiger partial charge in [0.05, 0.1) is 11.9 Å². The number of nitrogens with zero attached hydrogens (tertiary/aromatic N) is 2. The highest BCUT2D eigenvalue weighted by molar-refractivity contribution is 5.51. The largest absolute Gasteiger partial charge is 0.300 e. The molecule has 2 heterocycles. The molecule has 2 nitrogen and oxygen atoms in total.